The van der Waals surface area contributed by atoms with E-state index in [4.69, 9.17) is 9.29 Å². The topological polar surface area (TPSA) is 83.9 Å². The first kappa shape index (κ1) is 17.1. The van der Waals surface area contributed by atoms with Crippen molar-refractivity contribution in [1.82, 2.24) is 4.90 Å². The van der Waals surface area contributed by atoms with E-state index in [2.05, 4.69) is 6.58 Å². The average Bonchev–Trinajstić information content (AvgIpc) is 2.22. The number of esters is 1. The maximum absolute atomic E-state index is 11.1. The van der Waals surface area contributed by atoms with Crippen molar-refractivity contribution in [2.24, 2.45) is 0 Å². The first-order chi connectivity index (χ1) is 8.22. The zero-order valence-electron chi connectivity index (χ0n) is 10.9. The van der Waals surface area contributed by atoms with Gasteiger partial charge in [0.25, 0.3) is 10.1 Å². The van der Waals surface area contributed by atoms with Gasteiger partial charge in [-0.05, 0) is 33.4 Å². The van der Waals surface area contributed by atoms with Gasteiger partial charge in [-0.1, -0.05) is 6.58 Å². The molecule has 1 N–H and O–H groups in total. The van der Waals surface area contributed by atoms with Crippen molar-refractivity contribution in [2.45, 2.75) is 19.8 Å². The van der Waals surface area contributed by atoms with E-state index in [1.807, 2.05) is 11.9 Å². The first-order valence-corrected chi connectivity index (χ1v) is 7.29. The minimum atomic E-state index is -3.86. The predicted octanol–water partition coefficient (Wildman–Crippen LogP) is 0.706. The summed E-state index contributed by atoms with van der Waals surface area (Å²) in [6.07, 6.45) is 1.07. The summed E-state index contributed by atoms with van der Waals surface area (Å²) in [6.45, 7) is 6.59. The molecule has 0 amide bonds. The lowest BCUT2D eigenvalue weighted by Gasteiger charge is -2.16. The van der Waals surface area contributed by atoms with Crippen LogP contribution < -0.4 is 0 Å². The van der Waals surface area contributed by atoms with Crippen LogP contribution in [0.3, 0.4) is 0 Å². The fourth-order valence-corrected chi connectivity index (χ4v) is 1.76. The lowest BCUT2D eigenvalue weighted by molar-refractivity contribution is -0.139. The van der Waals surface area contributed by atoms with Gasteiger partial charge in [-0.25, -0.2) is 4.79 Å². The lowest BCUT2D eigenvalue weighted by Crippen LogP contribution is -2.25. The Morgan fingerprint density at radius 1 is 1.33 bits per heavy atom. The van der Waals surface area contributed by atoms with E-state index in [0.29, 0.717) is 31.5 Å². The number of ether oxygens (including phenoxy) is 1. The second-order valence-corrected chi connectivity index (χ2v) is 5.78. The van der Waals surface area contributed by atoms with Crippen LogP contribution in [0.15, 0.2) is 12.2 Å². The summed E-state index contributed by atoms with van der Waals surface area (Å²) in [5.41, 5.74) is 0.366. The second kappa shape index (κ2) is 8.23. The summed E-state index contributed by atoms with van der Waals surface area (Å²) >= 11 is 0. The molecule has 0 aliphatic rings. The molecule has 0 aliphatic carbocycles. The number of carbonyl (C=O) groups excluding carboxylic acids is 1. The van der Waals surface area contributed by atoms with Crippen LogP contribution in [0.25, 0.3) is 0 Å². The van der Waals surface area contributed by atoms with Crippen molar-refractivity contribution in [3.05, 3.63) is 12.2 Å². The highest BCUT2D eigenvalue weighted by Gasteiger charge is 2.06. The number of unbranched alkanes of at least 4 members (excludes halogenated alkanes) is 1. The van der Waals surface area contributed by atoms with Gasteiger partial charge < -0.3 is 9.64 Å². The Hall–Kier alpha value is -0.920. The molecule has 0 atom stereocenters. The molecule has 0 unspecified atom stereocenters. The van der Waals surface area contributed by atoms with E-state index in [1.165, 1.54) is 0 Å². The van der Waals surface area contributed by atoms with Gasteiger partial charge in [0.1, 0.15) is 6.61 Å². The van der Waals surface area contributed by atoms with Crippen molar-refractivity contribution < 1.29 is 22.5 Å². The highest BCUT2D eigenvalue weighted by Crippen LogP contribution is 1.97. The van der Waals surface area contributed by atoms with Gasteiger partial charge in [-0.2, -0.15) is 8.42 Å². The zero-order chi connectivity index (χ0) is 14.2. The fraction of sp³-hybridized carbons (Fsp3) is 0.727. The van der Waals surface area contributed by atoms with Gasteiger partial charge in [0, 0.05) is 12.1 Å². The predicted molar refractivity (Wildman–Crippen MR) is 68.9 cm³/mol. The highest BCUT2D eigenvalue weighted by atomic mass is 32.2. The monoisotopic (exact) mass is 279 g/mol. The molecular formula is C11H21NO5S. The quantitative estimate of drug-likeness (QED) is 0.289. The van der Waals surface area contributed by atoms with Crippen LogP contribution in [0.2, 0.25) is 0 Å². The Bertz CT molecular complexity index is 377. The Labute approximate surface area is 108 Å². The Morgan fingerprint density at radius 3 is 2.44 bits per heavy atom. The van der Waals surface area contributed by atoms with Crippen LogP contribution >= 0.6 is 0 Å². The third kappa shape index (κ3) is 10.2. The van der Waals surface area contributed by atoms with E-state index in [0.717, 1.165) is 0 Å². The van der Waals surface area contributed by atoms with Crippen molar-refractivity contribution in [3.8, 4) is 0 Å². The maximum Gasteiger partial charge on any atom is 0.333 e. The van der Waals surface area contributed by atoms with Gasteiger partial charge in [-0.3, -0.25) is 4.55 Å². The summed E-state index contributed by atoms with van der Waals surface area (Å²) in [5.74, 6) is -0.624. The van der Waals surface area contributed by atoms with Crippen LogP contribution in [0.4, 0.5) is 0 Å². The molecule has 0 fully saturated rings. The number of hydrogen-bond acceptors (Lipinski definition) is 5. The van der Waals surface area contributed by atoms with Gasteiger partial charge >= 0.3 is 5.97 Å². The van der Waals surface area contributed by atoms with E-state index in [1.54, 1.807) is 6.92 Å². The first-order valence-electron chi connectivity index (χ1n) is 5.68. The number of likely N-dealkylation sites (N-methyl/N-ethyl adjacent to an activating group) is 1. The van der Waals surface area contributed by atoms with E-state index in [-0.39, 0.29) is 12.4 Å². The molecule has 18 heavy (non-hydrogen) atoms. The van der Waals surface area contributed by atoms with Crippen LogP contribution in [0, 0.1) is 0 Å². The van der Waals surface area contributed by atoms with Crippen molar-refractivity contribution in [3.63, 3.8) is 0 Å². The van der Waals surface area contributed by atoms with Crippen LogP contribution in [0.5, 0.6) is 0 Å². The van der Waals surface area contributed by atoms with Crippen LogP contribution in [-0.4, -0.2) is 56.3 Å². The zero-order valence-corrected chi connectivity index (χ0v) is 11.7. The van der Waals surface area contributed by atoms with Crippen LogP contribution in [0.1, 0.15) is 19.8 Å². The van der Waals surface area contributed by atoms with Gasteiger partial charge in [-0.15, -0.1) is 0 Å². The normalized spacial score (nSPS) is 11.6. The minimum Gasteiger partial charge on any atom is -0.461 e. The molecule has 6 nitrogen and oxygen atoms in total. The lowest BCUT2D eigenvalue weighted by atomic mass is 10.3. The molecule has 106 valence electrons. The molecule has 0 rings (SSSR count). The Morgan fingerprint density at radius 2 is 1.94 bits per heavy atom. The molecule has 0 aromatic carbocycles. The number of carbonyl (C=O) groups is 1. The molecule has 0 aliphatic heterocycles. The van der Waals surface area contributed by atoms with E-state index < -0.39 is 16.1 Å². The summed E-state index contributed by atoms with van der Waals surface area (Å²) < 4.78 is 34.4. The maximum atomic E-state index is 11.1. The summed E-state index contributed by atoms with van der Waals surface area (Å²) in [5, 5.41) is 0. The molecule has 0 saturated heterocycles. The molecule has 7 heteroatoms. The Kier molecular flexibility index (Phi) is 7.81. The van der Waals surface area contributed by atoms with Crippen LogP contribution in [-0.2, 0) is 19.6 Å². The number of rotatable bonds is 9. The summed E-state index contributed by atoms with van der Waals surface area (Å²) in [7, 11) is -2.01. The van der Waals surface area contributed by atoms with Gasteiger partial charge in [0.05, 0.1) is 5.75 Å². The largest absolute Gasteiger partial charge is 0.461 e. The molecule has 0 heterocycles. The minimum absolute atomic E-state index is 0.217. The third-order valence-electron chi connectivity index (χ3n) is 2.25. The summed E-state index contributed by atoms with van der Waals surface area (Å²) in [4.78, 5) is 13.0. The highest BCUT2D eigenvalue weighted by molar-refractivity contribution is 7.85. The average molecular weight is 279 g/mol. The molecule has 0 radical (unpaired) electrons. The number of nitrogens with zero attached hydrogens (tertiary/aromatic N) is 1. The molecule has 0 aromatic rings. The number of hydrogen-bond donors (Lipinski definition) is 1. The second-order valence-electron chi connectivity index (χ2n) is 4.21. The molecule has 0 saturated carbocycles. The molecule has 0 aromatic heterocycles. The molecule has 0 spiro atoms. The fourth-order valence-electron chi connectivity index (χ4n) is 1.20. The van der Waals surface area contributed by atoms with Crippen molar-refractivity contribution in [1.29, 1.82) is 0 Å². The Balaban J connectivity index is 3.58. The van der Waals surface area contributed by atoms with Crippen molar-refractivity contribution in [2.75, 3.05) is 32.5 Å². The van der Waals surface area contributed by atoms with E-state index in [9.17, 15) is 13.2 Å². The van der Waals surface area contributed by atoms with Gasteiger partial charge in [0.15, 0.2) is 0 Å². The summed E-state index contributed by atoms with van der Waals surface area (Å²) in [6, 6.07) is 0. The van der Waals surface area contributed by atoms with Crippen molar-refractivity contribution >= 4 is 16.1 Å². The smallest absolute Gasteiger partial charge is 0.333 e. The molecular weight excluding hydrogens is 258 g/mol. The SMILES string of the molecule is C=C(C)C(=O)OCCN(C)CCCCS(=O)(=O)O. The third-order valence-corrected chi connectivity index (χ3v) is 3.05. The van der Waals surface area contributed by atoms with Gasteiger partial charge in [0.2, 0.25) is 0 Å². The molecule has 0 bridgehead atoms. The van der Waals surface area contributed by atoms with E-state index >= 15 is 0 Å². The standard InChI is InChI=1S/C11H21NO5S/c1-10(2)11(13)17-8-7-12(3)6-4-5-9-18(14,15)16/h1,4-9H2,2-3H3,(H,14,15,16).